The summed E-state index contributed by atoms with van der Waals surface area (Å²) in [6.45, 7) is 11.9. The van der Waals surface area contributed by atoms with Gasteiger partial charge in [0.05, 0.1) is 0 Å². The zero-order valence-electron chi connectivity index (χ0n) is 18.3. The summed E-state index contributed by atoms with van der Waals surface area (Å²) in [4.78, 5) is 0. The van der Waals surface area contributed by atoms with Gasteiger partial charge in [-0.2, -0.15) is 4.57 Å². The highest BCUT2D eigenvalue weighted by molar-refractivity contribution is 7.49. The molecule has 156 valence electrons. The lowest BCUT2D eigenvalue weighted by Gasteiger charge is -2.27. The zero-order valence-corrected chi connectivity index (χ0v) is 19.2. The maximum Gasteiger partial charge on any atom is 0.647 e. The first-order valence-corrected chi connectivity index (χ1v) is 11.6. The van der Waals surface area contributed by atoms with Gasteiger partial charge in [-0.15, -0.1) is 0 Å². The predicted molar refractivity (Wildman–Crippen MR) is 120 cm³/mol. The third kappa shape index (κ3) is 3.97. The third-order valence-corrected chi connectivity index (χ3v) is 6.55. The maximum absolute atomic E-state index is 13.9. The lowest BCUT2D eigenvalue weighted by Crippen LogP contribution is -2.14. The highest BCUT2D eigenvalue weighted by Gasteiger charge is 2.38. The van der Waals surface area contributed by atoms with Gasteiger partial charge in [0.25, 0.3) is 0 Å². The zero-order chi connectivity index (χ0) is 21.6. The molecule has 0 aliphatic carbocycles. The molecular formula is C25H27O4P. The van der Waals surface area contributed by atoms with Crippen molar-refractivity contribution in [2.45, 2.75) is 48.0 Å². The number of hydrogen-bond acceptors (Lipinski definition) is 4. The molecule has 0 radical (unpaired) electrons. The number of benzene rings is 3. The average Bonchev–Trinajstić information content (AvgIpc) is 2.62. The van der Waals surface area contributed by atoms with E-state index in [1.807, 2.05) is 58.0 Å². The van der Waals surface area contributed by atoms with Crippen LogP contribution in [0.3, 0.4) is 0 Å². The lowest BCUT2D eigenvalue weighted by molar-refractivity contribution is 0.292. The molecule has 30 heavy (non-hydrogen) atoms. The van der Waals surface area contributed by atoms with E-state index >= 15 is 0 Å². The van der Waals surface area contributed by atoms with E-state index in [1.54, 1.807) is 0 Å². The van der Waals surface area contributed by atoms with Crippen LogP contribution in [-0.2, 0) is 11.0 Å². The Hall–Kier alpha value is -2.71. The molecule has 0 amide bonds. The van der Waals surface area contributed by atoms with Gasteiger partial charge in [0.15, 0.2) is 0 Å². The highest BCUT2D eigenvalue weighted by atomic mass is 31.2. The van der Waals surface area contributed by atoms with Crippen LogP contribution in [0.2, 0.25) is 0 Å². The second-order valence-corrected chi connectivity index (χ2v) is 9.75. The molecule has 0 fully saturated rings. The summed E-state index contributed by atoms with van der Waals surface area (Å²) in [6.07, 6.45) is 0.638. The minimum Gasteiger partial charge on any atom is -0.386 e. The maximum atomic E-state index is 13.9. The minimum atomic E-state index is -4.00. The summed E-state index contributed by atoms with van der Waals surface area (Å²) in [5.74, 6) is 1.62. The molecule has 1 heterocycles. The SMILES string of the molecule is Cc1ccc(OP2(=O)Oc3c(C)cc(C)cc3Cc3cc(C)cc(C)c3O2)c(C)c1. The molecule has 3 aromatic rings. The Morgan fingerprint density at radius 2 is 1.20 bits per heavy atom. The van der Waals surface area contributed by atoms with Crippen molar-refractivity contribution in [3.05, 3.63) is 87.0 Å². The summed E-state index contributed by atoms with van der Waals surface area (Å²) in [6, 6.07) is 13.9. The monoisotopic (exact) mass is 422 g/mol. The Kier molecular flexibility index (Phi) is 5.15. The van der Waals surface area contributed by atoms with Crippen molar-refractivity contribution >= 4 is 7.82 Å². The van der Waals surface area contributed by atoms with Crippen molar-refractivity contribution in [1.29, 1.82) is 0 Å². The Morgan fingerprint density at radius 1 is 0.700 bits per heavy atom. The largest absolute Gasteiger partial charge is 0.647 e. The Bertz CT molecular complexity index is 1130. The van der Waals surface area contributed by atoms with E-state index in [0.717, 1.165) is 44.5 Å². The van der Waals surface area contributed by atoms with Crippen molar-refractivity contribution < 1.29 is 18.1 Å². The average molecular weight is 422 g/mol. The minimum absolute atomic E-state index is 0.488. The normalized spacial score (nSPS) is 14.5. The van der Waals surface area contributed by atoms with Crippen molar-refractivity contribution in [2.75, 3.05) is 0 Å². The van der Waals surface area contributed by atoms with Crippen LogP contribution in [-0.4, -0.2) is 0 Å². The van der Waals surface area contributed by atoms with Gasteiger partial charge >= 0.3 is 7.82 Å². The molecule has 1 aliphatic rings. The van der Waals surface area contributed by atoms with Gasteiger partial charge in [0.2, 0.25) is 0 Å². The van der Waals surface area contributed by atoms with Gasteiger partial charge in [-0.05, 0) is 75.4 Å². The van der Waals surface area contributed by atoms with Gasteiger partial charge < -0.3 is 13.6 Å². The number of phosphoric ester groups is 1. The van der Waals surface area contributed by atoms with Crippen molar-refractivity contribution in [3.63, 3.8) is 0 Å². The summed E-state index contributed by atoms with van der Waals surface area (Å²) in [5.41, 5.74) is 8.02. The van der Waals surface area contributed by atoms with Crippen molar-refractivity contribution in [3.8, 4) is 17.2 Å². The van der Waals surface area contributed by atoms with Crippen LogP contribution in [0.5, 0.6) is 17.2 Å². The van der Waals surface area contributed by atoms with E-state index in [4.69, 9.17) is 13.6 Å². The number of aryl methyl sites for hydroxylation is 6. The van der Waals surface area contributed by atoms with Gasteiger partial charge in [0, 0.05) is 6.42 Å². The molecule has 0 N–H and O–H groups in total. The Labute approximate surface area is 178 Å². The van der Waals surface area contributed by atoms with Gasteiger partial charge in [0.1, 0.15) is 17.2 Å². The molecule has 4 rings (SSSR count). The molecule has 0 atom stereocenters. The Balaban J connectivity index is 1.89. The van der Waals surface area contributed by atoms with E-state index < -0.39 is 7.82 Å². The van der Waals surface area contributed by atoms with Crippen LogP contribution < -0.4 is 13.6 Å². The fraction of sp³-hybridized carbons (Fsp3) is 0.280. The first-order chi connectivity index (χ1) is 14.1. The molecule has 4 nitrogen and oxygen atoms in total. The van der Waals surface area contributed by atoms with Crippen molar-refractivity contribution in [2.24, 2.45) is 0 Å². The number of rotatable bonds is 2. The molecule has 0 saturated carbocycles. The fourth-order valence-electron chi connectivity index (χ4n) is 4.12. The molecule has 1 aliphatic heterocycles. The quantitative estimate of drug-likeness (QED) is 0.414. The standard InChI is InChI=1S/C25H27O4P/c1-15-7-8-23(18(4)9-15)27-30(26)28-24-19(5)10-16(2)12-21(24)14-22-13-17(3)11-20(6)25(22)29-30/h7-13H,14H2,1-6H3. The topological polar surface area (TPSA) is 44.8 Å². The van der Waals surface area contributed by atoms with E-state index in [2.05, 4.69) is 26.0 Å². The van der Waals surface area contributed by atoms with Crippen LogP contribution in [0.15, 0.2) is 42.5 Å². The molecule has 0 unspecified atom stereocenters. The smallest absolute Gasteiger partial charge is 0.386 e. The third-order valence-electron chi connectivity index (χ3n) is 5.32. The summed E-state index contributed by atoms with van der Waals surface area (Å²) in [7, 11) is -4.00. The van der Waals surface area contributed by atoms with E-state index in [9.17, 15) is 4.57 Å². The van der Waals surface area contributed by atoms with Gasteiger partial charge in [-0.25, -0.2) is 0 Å². The molecule has 5 heteroatoms. The lowest BCUT2D eigenvalue weighted by atomic mass is 9.96. The second-order valence-electron chi connectivity index (χ2n) is 8.31. The first-order valence-electron chi connectivity index (χ1n) is 10.1. The van der Waals surface area contributed by atoms with Gasteiger partial charge in [-0.3, -0.25) is 0 Å². The molecular weight excluding hydrogens is 395 g/mol. The fourth-order valence-corrected chi connectivity index (χ4v) is 5.64. The number of fused-ring (bicyclic) bond motifs is 2. The summed E-state index contributed by atoms with van der Waals surface area (Å²) >= 11 is 0. The highest BCUT2D eigenvalue weighted by Crippen LogP contribution is 2.54. The molecule has 3 aromatic carbocycles. The molecule has 0 spiro atoms. The second kappa shape index (κ2) is 7.52. The van der Waals surface area contributed by atoms with E-state index in [1.165, 1.54) is 0 Å². The molecule has 0 saturated heterocycles. The van der Waals surface area contributed by atoms with Crippen LogP contribution in [0.25, 0.3) is 0 Å². The van der Waals surface area contributed by atoms with Crippen LogP contribution in [0, 0.1) is 41.5 Å². The number of hydrogen-bond donors (Lipinski definition) is 0. The van der Waals surface area contributed by atoms with E-state index in [0.29, 0.717) is 23.7 Å². The van der Waals surface area contributed by atoms with Crippen LogP contribution in [0.4, 0.5) is 0 Å². The van der Waals surface area contributed by atoms with Gasteiger partial charge in [-0.1, -0.05) is 53.1 Å². The first kappa shape index (κ1) is 20.6. The van der Waals surface area contributed by atoms with E-state index in [-0.39, 0.29) is 0 Å². The van der Waals surface area contributed by atoms with Crippen molar-refractivity contribution in [1.82, 2.24) is 0 Å². The predicted octanol–water partition coefficient (Wildman–Crippen LogP) is 7.09. The summed E-state index contributed by atoms with van der Waals surface area (Å²) < 4.78 is 32.0. The number of phosphoric acid groups is 1. The van der Waals surface area contributed by atoms with Crippen LogP contribution >= 0.6 is 7.82 Å². The molecule has 0 aromatic heterocycles. The molecule has 0 bridgehead atoms. The Morgan fingerprint density at radius 3 is 1.70 bits per heavy atom. The summed E-state index contributed by atoms with van der Waals surface area (Å²) in [5, 5.41) is 0. The van der Waals surface area contributed by atoms with Crippen LogP contribution in [0.1, 0.15) is 44.5 Å².